The van der Waals surface area contributed by atoms with Crippen molar-refractivity contribution in [3.05, 3.63) is 29.6 Å². The number of aryl methyl sites for hydroxylation is 1. The van der Waals surface area contributed by atoms with E-state index in [4.69, 9.17) is 5.26 Å². The third-order valence-electron chi connectivity index (χ3n) is 2.01. The maximum atomic E-state index is 8.58. The standard InChI is InChI=1S/C10H9N3/c1-7-2-3-9-10(13-7)8(4-5-11)6-12-9/h2-3,6,12H,4H2,1H3. The van der Waals surface area contributed by atoms with Gasteiger partial charge < -0.3 is 4.98 Å². The zero-order valence-corrected chi connectivity index (χ0v) is 7.33. The quantitative estimate of drug-likeness (QED) is 0.712. The second-order valence-corrected chi connectivity index (χ2v) is 3.00. The Hall–Kier alpha value is -1.82. The molecule has 0 aliphatic rings. The lowest BCUT2D eigenvalue weighted by Crippen LogP contribution is -1.84. The van der Waals surface area contributed by atoms with Crippen LogP contribution in [0, 0.1) is 18.3 Å². The summed E-state index contributed by atoms with van der Waals surface area (Å²) in [5, 5.41) is 8.58. The number of hydrogen-bond donors (Lipinski definition) is 1. The summed E-state index contributed by atoms with van der Waals surface area (Å²) in [7, 11) is 0. The van der Waals surface area contributed by atoms with Crippen LogP contribution in [0.2, 0.25) is 0 Å². The highest BCUT2D eigenvalue weighted by molar-refractivity contribution is 5.79. The number of aromatic amines is 1. The number of H-pyrrole nitrogens is 1. The van der Waals surface area contributed by atoms with Crippen LogP contribution in [0.3, 0.4) is 0 Å². The van der Waals surface area contributed by atoms with Crippen LogP contribution >= 0.6 is 0 Å². The topological polar surface area (TPSA) is 52.5 Å². The average molecular weight is 171 g/mol. The molecule has 2 heterocycles. The van der Waals surface area contributed by atoms with Gasteiger partial charge in [0.25, 0.3) is 0 Å². The lowest BCUT2D eigenvalue weighted by molar-refractivity contribution is 1.22. The summed E-state index contributed by atoms with van der Waals surface area (Å²) >= 11 is 0. The van der Waals surface area contributed by atoms with Gasteiger partial charge in [0.15, 0.2) is 0 Å². The van der Waals surface area contributed by atoms with Crippen LogP contribution in [-0.4, -0.2) is 9.97 Å². The molecule has 13 heavy (non-hydrogen) atoms. The van der Waals surface area contributed by atoms with Gasteiger partial charge in [-0.25, -0.2) is 0 Å². The Morgan fingerprint density at radius 2 is 2.38 bits per heavy atom. The smallest absolute Gasteiger partial charge is 0.0924 e. The maximum Gasteiger partial charge on any atom is 0.0924 e. The van der Waals surface area contributed by atoms with Gasteiger partial charge in [0.1, 0.15) is 0 Å². The van der Waals surface area contributed by atoms with E-state index < -0.39 is 0 Å². The number of fused-ring (bicyclic) bond motifs is 1. The first-order valence-corrected chi connectivity index (χ1v) is 4.12. The summed E-state index contributed by atoms with van der Waals surface area (Å²) in [6.07, 6.45) is 2.26. The Morgan fingerprint density at radius 1 is 1.54 bits per heavy atom. The predicted molar refractivity (Wildman–Crippen MR) is 50.1 cm³/mol. The van der Waals surface area contributed by atoms with Gasteiger partial charge in [-0.15, -0.1) is 0 Å². The Labute approximate surface area is 76.0 Å². The van der Waals surface area contributed by atoms with Crippen LogP contribution in [0.5, 0.6) is 0 Å². The Morgan fingerprint density at radius 3 is 3.15 bits per heavy atom. The van der Waals surface area contributed by atoms with E-state index >= 15 is 0 Å². The molecule has 0 fully saturated rings. The highest BCUT2D eigenvalue weighted by atomic mass is 14.8. The number of nitrogens with one attached hydrogen (secondary N) is 1. The number of rotatable bonds is 1. The van der Waals surface area contributed by atoms with E-state index in [9.17, 15) is 0 Å². The van der Waals surface area contributed by atoms with Crippen LogP contribution in [-0.2, 0) is 6.42 Å². The van der Waals surface area contributed by atoms with Crippen molar-refractivity contribution in [3.63, 3.8) is 0 Å². The number of pyridine rings is 1. The van der Waals surface area contributed by atoms with Crippen molar-refractivity contribution in [3.8, 4) is 6.07 Å². The fourth-order valence-electron chi connectivity index (χ4n) is 1.37. The monoisotopic (exact) mass is 171 g/mol. The number of hydrogen-bond acceptors (Lipinski definition) is 2. The van der Waals surface area contributed by atoms with Gasteiger partial charge in [-0.05, 0) is 19.1 Å². The van der Waals surface area contributed by atoms with Gasteiger partial charge >= 0.3 is 0 Å². The van der Waals surface area contributed by atoms with Gasteiger partial charge in [0.05, 0.1) is 23.5 Å². The second-order valence-electron chi connectivity index (χ2n) is 3.00. The molecule has 0 atom stereocenters. The molecular formula is C10H9N3. The first kappa shape index (κ1) is 7.81. The van der Waals surface area contributed by atoms with E-state index in [1.807, 2.05) is 25.3 Å². The lowest BCUT2D eigenvalue weighted by Gasteiger charge is -1.93. The average Bonchev–Trinajstić information content (AvgIpc) is 2.49. The summed E-state index contributed by atoms with van der Waals surface area (Å²) < 4.78 is 0. The summed E-state index contributed by atoms with van der Waals surface area (Å²) in [6.45, 7) is 1.95. The van der Waals surface area contributed by atoms with Gasteiger partial charge in [0.2, 0.25) is 0 Å². The van der Waals surface area contributed by atoms with E-state index in [2.05, 4.69) is 16.0 Å². The highest BCUT2D eigenvalue weighted by Crippen LogP contribution is 2.16. The van der Waals surface area contributed by atoms with Crippen molar-refractivity contribution < 1.29 is 0 Å². The molecule has 0 amide bonds. The largest absolute Gasteiger partial charge is 0.360 e. The van der Waals surface area contributed by atoms with Gasteiger partial charge in [-0.3, -0.25) is 4.98 Å². The van der Waals surface area contributed by atoms with E-state index in [-0.39, 0.29) is 0 Å². The summed E-state index contributed by atoms with van der Waals surface area (Å²) in [5.74, 6) is 0. The Bertz CT molecular complexity index is 476. The highest BCUT2D eigenvalue weighted by Gasteiger charge is 2.03. The predicted octanol–water partition coefficient (Wildman–Crippen LogP) is 1.94. The first-order valence-electron chi connectivity index (χ1n) is 4.12. The molecule has 0 bridgehead atoms. The van der Waals surface area contributed by atoms with Crippen molar-refractivity contribution in [2.75, 3.05) is 0 Å². The van der Waals surface area contributed by atoms with Crippen LogP contribution < -0.4 is 0 Å². The van der Waals surface area contributed by atoms with Crippen LogP contribution in [0.15, 0.2) is 18.3 Å². The molecule has 1 N–H and O–H groups in total. The minimum atomic E-state index is 0.413. The first-order chi connectivity index (χ1) is 6.31. The lowest BCUT2D eigenvalue weighted by atomic mass is 10.2. The van der Waals surface area contributed by atoms with E-state index in [1.54, 1.807) is 0 Å². The van der Waals surface area contributed by atoms with Crippen LogP contribution in [0.1, 0.15) is 11.3 Å². The molecule has 3 heteroatoms. The zero-order valence-electron chi connectivity index (χ0n) is 7.33. The Balaban J connectivity index is 2.66. The van der Waals surface area contributed by atoms with Gasteiger partial charge in [0, 0.05) is 17.5 Å². The minimum absolute atomic E-state index is 0.413. The third kappa shape index (κ3) is 1.27. The van der Waals surface area contributed by atoms with E-state index in [0.717, 1.165) is 22.3 Å². The summed E-state index contributed by atoms with van der Waals surface area (Å²) in [6, 6.07) is 6.06. The molecule has 2 aromatic heterocycles. The number of nitriles is 1. The van der Waals surface area contributed by atoms with Crippen molar-refractivity contribution >= 4 is 11.0 Å². The molecule has 0 spiro atoms. The zero-order chi connectivity index (χ0) is 9.26. The third-order valence-corrected chi connectivity index (χ3v) is 2.01. The molecule has 0 aromatic carbocycles. The van der Waals surface area contributed by atoms with Crippen molar-refractivity contribution in [1.29, 1.82) is 5.26 Å². The molecule has 64 valence electrons. The van der Waals surface area contributed by atoms with Crippen molar-refractivity contribution in [1.82, 2.24) is 9.97 Å². The molecule has 0 saturated carbocycles. The summed E-state index contributed by atoms with van der Waals surface area (Å²) in [5.41, 5.74) is 3.87. The van der Waals surface area contributed by atoms with Crippen LogP contribution in [0.4, 0.5) is 0 Å². The maximum absolute atomic E-state index is 8.58. The number of aromatic nitrogens is 2. The molecule has 0 aliphatic heterocycles. The van der Waals surface area contributed by atoms with Gasteiger partial charge in [-0.1, -0.05) is 0 Å². The van der Waals surface area contributed by atoms with Gasteiger partial charge in [-0.2, -0.15) is 5.26 Å². The fraction of sp³-hybridized carbons (Fsp3) is 0.200. The van der Waals surface area contributed by atoms with Crippen molar-refractivity contribution in [2.24, 2.45) is 0 Å². The molecule has 0 unspecified atom stereocenters. The molecule has 3 nitrogen and oxygen atoms in total. The molecule has 0 radical (unpaired) electrons. The SMILES string of the molecule is Cc1ccc2[nH]cc(CC#N)c2n1. The molecular weight excluding hydrogens is 162 g/mol. The minimum Gasteiger partial charge on any atom is -0.360 e. The van der Waals surface area contributed by atoms with E-state index in [0.29, 0.717) is 6.42 Å². The van der Waals surface area contributed by atoms with Crippen molar-refractivity contribution in [2.45, 2.75) is 13.3 Å². The molecule has 0 saturated heterocycles. The Kier molecular flexibility index (Phi) is 1.75. The molecule has 2 rings (SSSR count). The van der Waals surface area contributed by atoms with E-state index in [1.165, 1.54) is 0 Å². The molecule has 2 aromatic rings. The number of nitrogens with zero attached hydrogens (tertiary/aromatic N) is 2. The fourth-order valence-corrected chi connectivity index (χ4v) is 1.37. The normalized spacial score (nSPS) is 10.2. The summed E-state index contributed by atoms with van der Waals surface area (Å²) in [4.78, 5) is 7.46. The molecule has 0 aliphatic carbocycles. The second kappa shape index (κ2) is 2.91. The van der Waals surface area contributed by atoms with Crippen LogP contribution in [0.25, 0.3) is 11.0 Å².